The Labute approximate surface area is 143 Å². The van der Waals surface area contributed by atoms with Crippen molar-refractivity contribution in [2.24, 2.45) is 0 Å². The molecule has 0 radical (unpaired) electrons. The first kappa shape index (κ1) is 18.1. The Kier molecular flexibility index (Phi) is 6.46. The predicted octanol–water partition coefficient (Wildman–Crippen LogP) is 3.24. The molecule has 6 heteroatoms. The fourth-order valence-corrected chi connectivity index (χ4v) is 3.09. The number of urea groups is 1. The number of carbonyl (C=O) groups excluding carboxylic acids is 2. The van der Waals surface area contributed by atoms with E-state index in [1.54, 1.807) is 30.1 Å². The molecule has 132 valence electrons. The van der Waals surface area contributed by atoms with E-state index in [2.05, 4.69) is 10.6 Å². The highest BCUT2D eigenvalue weighted by molar-refractivity contribution is 5.96. The van der Waals surface area contributed by atoms with Crippen LogP contribution in [0.4, 0.5) is 10.5 Å². The van der Waals surface area contributed by atoms with E-state index in [1.165, 1.54) is 32.8 Å². The maximum absolute atomic E-state index is 12.5. The van der Waals surface area contributed by atoms with Crippen LogP contribution in [-0.4, -0.2) is 44.1 Å². The van der Waals surface area contributed by atoms with Crippen molar-refractivity contribution in [3.05, 3.63) is 23.8 Å². The summed E-state index contributed by atoms with van der Waals surface area (Å²) in [7, 11) is 4.94. The van der Waals surface area contributed by atoms with Crippen molar-refractivity contribution in [1.29, 1.82) is 0 Å². The summed E-state index contributed by atoms with van der Waals surface area (Å²) >= 11 is 0. The molecule has 2 rings (SSSR count). The molecule has 24 heavy (non-hydrogen) atoms. The van der Waals surface area contributed by atoms with Gasteiger partial charge in [-0.05, 0) is 31.0 Å². The Bertz CT molecular complexity index is 581. The molecule has 1 saturated carbocycles. The molecule has 2 N–H and O–H groups in total. The number of anilines is 1. The quantitative estimate of drug-likeness (QED) is 0.831. The zero-order chi connectivity index (χ0) is 17.5. The second-order valence-electron chi connectivity index (χ2n) is 6.18. The van der Waals surface area contributed by atoms with Gasteiger partial charge < -0.3 is 20.3 Å². The lowest BCUT2D eigenvalue weighted by molar-refractivity contribution is 0.0963. The molecule has 0 saturated heterocycles. The smallest absolute Gasteiger partial charge is 0.321 e. The minimum Gasteiger partial charge on any atom is -0.495 e. The number of hydrogen-bond donors (Lipinski definition) is 2. The molecule has 0 heterocycles. The number of methoxy groups -OCH3 is 1. The third-order valence-electron chi connectivity index (χ3n) is 4.63. The van der Waals surface area contributed by atoms with Crippen LogP contribution >= 0.6 is 0 Å². The predicted molar refractivity (Wildman–Crippen MR) is 94.7 cm³/mol. The average molecular weight is 333 g/mol. The molecule has 1 aliphatic carbocycles. The van der Waals surface area contributed by atoms with Crippen molar-refractivity contribution < 1.29 is 14.3 Å². The highest BCUT2D eigenvalue weighted by Gasteiger charge is 2.22. The molecule has 1 fully saturated rings. The van der Waals surface area contributed by atoms with E-state index in [-0.39, 0.29) is 18.0 Å². The fraction of sp³-hybridized carbons (Fsp3) is 0.556. The first-order chi connectivity index (χ1) is 11.6. The van der Waals surface area contributed by atoms with Gasteiger partial charge in [0, 0.05) is 25.7 Å². The Balaban J connectivity index is 2.08. The lowest BCUT2D eigenvalue weighted by Crippen LogP contribution is -2.39. The van der Waals surface area contributed by atoms with Gasteiger partial charge in [0.05, 0.1) is 12.8 Å². The highest BCUT2D eigenvalue weighted by Crippen LogP contribution is 2.27. The molecule has 1 aromatic rings. The molecule has 0 aromatic heterocycles. The summed E-state index contributed by atoms with van der Waals surface area (Å²) in [4.78, 5) is 26.0. The maximum atomic E-state index is 12.5. The van der Waals surface area contributed by atoms with Crippen molar-refractivity contribution in [3.8, 4) is 5.75 Å². The monoisotopic (exact) mass is 333 g/mol. The van der Waals surface area contributed by atoms with Crippen molar-refractivity contribution in [3.63, 3.8) is 0 Å². The van der Waals surface area contributed by atoms with Crippen molar-refractivity contribution in [2.75, 3.05) is 26.5 Å². The number of rotatable bonds is 4. The Morgan fingerprint density at radius 2 is 1.83 bits per heavy atom. The molecule has 0 spiro atoms. The molecule has 6 nitrogen and oxygen atoms in total. The van der Waals surface area contributed by atoms with Gasteiger partial charge >= 0.3 is 6.03 Å². The molecular weight excluding hydrogens is 306 g/mol. The van der Waals surface area contributed by atoms with E-state index in [1.807, 2.05) is 7.05 Å². The zero-order valence-corrected chi connectivity index (χ0v) is 14.7. The minimum absolute atomic E-state index is 0.145. The van der Waals surface area contributed by atoms with E-state index in [0.29, 0.717) is 17.0 Å². The van der Waals surface area contributed by atoms with E-state index in [4.69, 9.17) is 4.74 Å². The Morgan fingerprint density at radius 1 is 1.17 bits per heavy atom. The van der Waals surface area contributed by atoms with Crippen molar-refractivity contribution >= 4 is 17.6 Å². The van der Waals surface area contributed by atoms with Gasteiger partial charge in [0.1, 0.15) is 5.75 Å². The lowest BCUT2D eigenvalue weighted by Gasteiger charge is -2.27. The molecule has 0 aliphatic heterocycles. The molecule has 1 aliphatic rings. The molecule has 1 aromatic carbocycles. The van der Waals surface area contributed by atoms with Crippen LogP contribution in [0.2, 0.25) is 0 Å². The first-order valence-corrected chi connectivity index (χ1v) is 8.50. The standard InChI is InChI=1S/C18H27N3O3/c1-19-17(22)13-10-11-15(16(12-13)24-3)20-18(23)21(2)14-8-6-4-5-7-9-14/h10-12,14H,4-9H2,1-3H3,(H,19,22)(H,20,23). The van der Waals surface area contributed by atoms with Gasteiger partial charge in [-0.15, -0.1) is 0 Å². The van der Waals surface area contributed by atoms with Gasteiger partial charge in [-0.1, -0.05) is 25.7 Å². The van der Waals surface area contributed by atoms with Crippen molar-refractivity contribution in [1.82, 2.24) is 10.2 Å². The second kappa shape index (κ2) is 8.57. The molecular formula is C18H27N3O3. The summed E-state index contributed by atoms with van der Waals surface area (Å²) in [6.07, 6.45) is 6.95. The number of nitrogens with zero attached hydrogens (tertiary/aromatic N) is 1. The largest absolute Gasteiger partial charge is 0.495 e. The number of benzene rings is 1. The van der Waals surface area contributed by atoms with E-state index in [0.717, 1.165) is 12.8 Å². The van der Waals surface area contributed by atoms with Crippen LogP contribution < -0.4 is 15.4 Å². The summed E-state index contributed by atoms with van der Waals surface area (Å²) in [5.41, 5.74) is 1.06. The highest BCUT2D eigenvalue weighted by atomic mass is 16.5. The summed E-state index contributed by atoms with van der Waals surface area (Å²) in [6, 6.07) is 5.13. The maximum Gasteiger partial charge on any atom is 0.321 e. The number of amides is 3. The van der Waals surface area contributed by atoms with E-state index < -0.39 is 0 Å². The van der Waals surface area contributed by atoms with Crippen LogP contribution in [0.5, 0.6) is 5.75 Å². The average Bonchev–Trinajstić information content (AvgIpc) is 2.89. The van der Waals surface area contributed by atoms with Gasteiger partial charge in [0.2, 0.25) is 0 Å². The van der Waals surface area contributed by atoms with Crippen molar-refractivity contribution in [2.45, 2.75) is 44.6 Å². The second-order valence-corrected chi connectivity index (χ2v) is 6.18. The molecule has 0 bridgehead atoms. The lowest BCUT2D eigenvalue weighted by atomic mass is 10.1. The summed E-state index contributed by atoms with van der Waals surface area (Å²) < 4.78 is 5.31. The molecule has 3 amide bonds. The van der Waals surface area contributed by atoms with Crippen LogP contribution in [0.25, 0.3) is 0 Å². The number of hydrogen-bond acceptors (Lipinski definition) is 3. The Hall–Kier alpha value is -2.24. The summed E-state index contributed by atoms with van der Waals surface area (Å²) in [5.74, 6) is 0.278. The minimum atomic E-state index is -0.193. The zero-order valence-electron chi connectivity index (χ0n) is 14.7. The molecule has 0 unspecified atom stereocenters. The topological polar surface area (TPSA) is 70.7 Å². The van der Waals surface area contributed by atoms with Gasteiger partial charge in [-0.2, -0.15) is 0 Å². The van der Waals surface area contributed by atoms with Crippen LogP contribution in [0.3, 0.4) is 0 Å². The number of ether oxygens (including phenoxy) is 1. The third-order valence-corrected chi connectivity index (χ3v) is 4.63. The van der Waals surface area contributed by atoms with Crippen LogP contribution in [0.1, 0.15) is 48.9 Å². The van der Waals surface area contributed by atoms with Gasteiger partial charge in [0.25, 0.3) is 5.91 Å². The van der Waals surface area contributed by atoms with Gasteiger partial charge in [0.15, 0.2) is 0 Å². The third kappa shape index (κ3) is 4.40. The number of nitrogens with one attached hydrogen (secondary N) is 2. The SMILES string of the molecule is CNC(=O)c1ccc(NC(=O)N(C)C2CCCCCC2)c(OC)c1. The summed E-state index contributed by atoms with van der Waals surface area (Å²) in [6.45, 7) is 0. The fourth-order valence-electron chi connectivity index (χ4n) is 3.09. The molecule has 0 atom stereocenters. The first-order valence-electron chi connectivity index (χ1n) is 8.50. The van der Waals surface area contributed by atoms with E-state index in [9.17, 15) is 9.59 Å². The summed E-state index contributed by atoms with van der Waals surface area (Å²) in [5, 5.41) is 5.46. The van der Waals surface area contributed by atoms with Gasteiger partial charge in [-0.25, -0.2) is 4.79 Å². The van der Waals surface area contributed by atoms with E-state index >= 15 is 0 Å². The Morgan fingerprint density at radius 3 is 2.42 bits per heavy atom. The van der Waals surface area contributed by atoms with Crippen LogP contribution in [0, 0.1) is 0 Å². The number of carbonyl (C=O) groups is 2. The van der Waals surface area contributed by atoms with Gasteiger partial charge in [-0.3, -0.25) is 4.79 Å². The van der Waals surface area contributed by atoms with Crippen LogP contribution in [0.15, 0.2) is 18.2 Å². The normalized spacial score (nSPS) is 15.3. The van der Waals surface area contributed by atoms with Crippen LogP contribution in [-0.2, 0) is 0 Å².